The van der Waals surface area contributed by atoms with Crippen molar-refractivity contribution in [2.75, 3.05) is 6.61 Å². The van der Waals surface area contributed by atoms with Gasteiger partial charge in [-0.2, -0.15) is 13.2 Å². The number of carbonyl (C=O) groups is 2. The molecule has 0 aliphatic heterocycles. The Morgan fingerprint density at radius 3 is 2.37 bits per heavy atom. The van der Waals surface area contributed by atoms with Crippen LogP contribution in [0.2, 0.25) is 10.0 Å². The number of aromatic nitrogens is 3. The van der Waals surface area contributed by atoms with E-state index in [1.54, 1.807) is 24.3 Å². The number of hydrogen-bond acceptors (Lipinski definition) is 6. The number of halogens is 5. The molecule has 1 aromatic heterocycles. The second-order valence-corrected chi connectivity index (χ2v) is 9.25. The summed E-state index contributed by atoms with van der Waals surface area (Å²) in [6.07, 6.45) is -8.98. The van der Waals surface area contributed by atoms with Crippen molar-refractivity contribution in [1.82, 2.24) is 19.7 Å². The van der Waals surface area contributed by atoms with Crippen LogP contribution in [0.15, 0.2) is 53.3 Å². The highest BCUT2D eigenvalue weighted by Gasteiger charge is 2.39. The Kier molecular flexibility index (Phi) is 8.75. The smallest absolute Gasteiger partial charge is 0.416 e. The molecular formula is C23H22Cl2F3N5O5. The molecule has 10 nitrogen and oxygen atoms in total. The van der Waals surface area contributed by atoms with Crippen LogP contribution in [0.5, 0.6) is 0 Å². The van der Waals surface area contributed by atoms with Crippen LogP contribution in [0.3, 0.4) is 0 Å². The second kappa shape index (κ2) is 11.5. The van der Waals surface area contributed by atoms with E-state index in [2.05, 4.69) is 10.4 Å². The van der Waals surface area contributed by atoms with Gasteiger partial charge >= 0.3 is 18.0 Å². The van der Waals surface area contributed by atoms with E-state index < -0.39 is 55.2 Å². The van der Waals surface area contributed by atoms with Gasteiger partial charge in [0.15, 0.2) is 11.9 Å². The van der Waals surface area contributed by atoms with Crippen molar-refractivity contribution in [1.29, 1.82) is 0 Å². The van der Waals surface area contributed by atoms with Crippen molar-refractivity contribution >= 4 is 35.2 Å². The van der Waals surface area contributed by atoms with Crippen molar-refractivity contribution in [3.05, 3.63) is 74.6 Å². The molecule has 0 unspecified atom stereocenters. The average molecular weight is 576 g/mol. The highest BCUT2D eigenvalue weighted by Crippen LogP contribution is 2.29. The quantitative estimate of drug-likeness (QED) is 0.358. The molecule has 38 heavy (non-hydrogen) atoms. The van der Waals surface area contributed by atoms with Crippen LogP contribution in [0.25, 0.3) is 11.4 Å². The van der Waals surface area contributed by atoms with Gasteiger partial charge in [0, 0.05) is 15.6 Å². The van der Waals surface area contributed by atoms with Crippen LogP contribution in [0.4, 0.5) is 18.0 Å². The first-order chi connectivity index (χ1) is 17.7. The molecule has 0 aliphatic carbocycles. The maximum Gasteiger partial charge on any atom is 0.416 e. The molecule has 0 bridgehead atoms. The van der Waals surface area contributed by atoms with Gasteiger partial charge in [0.05, 0.1) is 12.1 Å². The first kappa shape index (κ1) is 29.0. The summed E-state index contributed by atoms with van der Waals surface area (Å²) in [5.41, 5.74) is 3.17. The van der Waals surface area contributed by atoms with Crippen molar-refractivity contribution in [3.8, 4) is 11.4 Å². The van der Waals surface area contributed by atoms with E-state index in [0.717, 1.165) is 0 Å². The minimum atomic E-state index is -5.01. The maximum atomic E-state index is 13.0. The number of aliphatic hydroxyl groups is 1. The lowest BCUT2D eigenvalue weighted by Gasteiger charge is -2.31. The van der Waals surface area contributed by atoms with Crippen LogP contribution >= 0.6 is 23.2 Å². The Hall–Kier alpha value is -3.55. The van der Waals surface area contributed by atoms with Gasteiger partial charge < -0.3 is 20.9 Å². The van der Waals surface area contributed by atoms with E-state index in [4.69, 9.17) is 33.7 Å². The van der Waals surface area contributed by atoms with Crippen molar-refractivity contribution in [2.24, 2.45) is 5.73 Å². The third-order valence-electron chi connectivity index (χ3n) is 5.44. The van der Waals surface area contributed by atoms with Crippen molar-refractivity contribution in [3.63, 3.8) is 0 Å². The molecule has 204 valence electrons. The third-order valence-corrected chi connectivity index (χ3v) is 6.02. The number of rotatable bonds is 9. The topological polar surface area (TPSA) is 141 Å². The highest BCUT2D eigenvalue weighted by molar-refractivity contribution is 6.31. The number of carbonyl (C=O) groups excluding carboxylic acids is 2. The molecule has 1 heterocycles. The normalized spacial score (nSPS) is 14.0. The number of ether oxygens (including phenoxy) is 1. The SMILES string of the molecule is C[C@@](COC(N)=O)(NC(=O)Cn1nc(-c2ccc(Cl)cc2)n(C[C@H](O)C(F)(F)F)c1=O)c1ccccc1Cl. The zero-order valence-electron chi connectivity index (χ0n) is 19.7. The standard InChI is InChI=1S/C23H22Cl2F3N5O5/c1-22(12-38-20(29)36,15-4-2-3-5-16(15)25)30-18(35)11-33-21(37)32(10-17(34)23(26,27)28)19(31-33)13-6-8-14(24)9-7-13/h2-9,17,34H,10-12H2,1H3,(H2,29,36)(H,30,35)/t17-,22-/m0/s1. The van der Waals surface area contributed by atoms with E-state index in [-0.39, 0.29) is 16.4 Å². The molecule has 2 atom stereocenters. The molecule has 0 saturated carbocycles. The van der Waals surface area contributed by atoms with Gasteiger partial charge in [-0.05, 0) is 42.8 Å². The molecule has 3 aromatic rings. The van der Waals surface area contributed by atoms with Crippen molar-refractivity contribution in [2.45, 2.75) is 37.8 Å². The van der Waals surface area contributed by atoms with E-state index in [9.17, 15) is 32.7 Å². The molecule has 0 saturated heterocycles. The van der Waals surface area contributed by atoms with Crippen LogP contribution in [0.1, 0.15) is 12.5 Å². The number of nitrogens with zero attached hydrogens (tertiary/aromatic N) is 3. The highest BCUT2D eigenvalue weighted by atomic mass is 35.5. The lowest BCUT2D eigenvalue weighted by atomic mass is 9.92. The summed E-state index contributed by atoms with van der Waals surface area (Å²) in [4.78, 5) is 37.2. The Balaban J connectivity index is 1.96. The third kappa shape index (κ3) is 6.85. The summed E-state index contributed by atoms with van der Waals surface area (Å²) in [6, 6.07) is 12.1. The van der Waals surface area contributed by atoms with Crippen LogP contribution in [-0.2, 0) is 28.2 Å². The van der Waals surface area contributed by atoms with E-state index in [0.29, 0.717) is 19.8 Å². The number of benzene rings is 2. The number of alkyl halides is 3. The van der Waals surface area contributed by atoms with Crippen LogP contribution < -0.4 is 16.7 Å². The van der Waals surface area contributed by atoms with Gasteiger partial charge in [-0.25, -0.2) is 14.3 Å². The Morgan fingerprint density at radius 1 is 1.16 bits per heavy atom. The Bertz CT molecular complexity index is 1380. The summed E-state index contributed by atoms with van der Waals surface area (Å²) < 4.78 is 45.3. The minimum Gasteiger partial charge on any atom is -0.447 e. The van der Waals surface area contributed by atoms with Gasteiger partial charge in [0.2, 0.25) is 5.91 Å². The molecule has 2 aromatic carbocycles. The van der Waals surface area contributed by atoms with Crippen LogP contribution in [0, 0.1) is 0 Å². The first-order valence-corrected chi connectivity index (χ1v) is 11.6. The maximum absolute atomic E-state index is 13.0. The fraction of sp³-hybridized carbons (Fsp3) is 0.304. The predicted octanol–water partition coefficient (Wildman–Crippen LogP) is 3.07. The number of primary amides is 1. The number of hydrogen-bond donors (Lipinski definition) is 3. The lowest BCUT2D eigenvalue weighted by Crippen LogP contribution is -2.49. The summed E-state index contributed by atoms with van der Waals surface area (Å²) >= 11 is 12.1. The molecule has 0 aliphatic rings. The summed E-state index contributed by atoms with van der Waals surface area (Å²) in [5.74, 6) is -1.04. The van der Waals surface area contributed by atoms with Gasteiger partial charge in [-0.15, -0.1) is 5.10 Å². The van der Waals surface area contributed by atoms with Crippen LogP contribution in [-0.4, -0.2) is 50.3 Å². The zero-order valence-corrected chi connectivity index (χ0v) is 21.2. The molecule has 4 N–H and O–H groups in total. The fourth-order valence-electron chi connectivity index (χ4n) is 3.59. The summed E-state index contributed by atoms with van der Waals surface area (Å²) in [7, 11) is 0. The monoisotopic (exact) mass is 575 g/mol. The second-order valence-electron chi connectivity index (χ2n) is 8.41. The van der Waals surface area contributed by atoms with Crippen molar-refractivity contribution < 1.29 is 32.6 Å². The average Bonchev–Trinajstić information content (AvgIpc) is 3.12. The molecule has 15 heteroatoms. The molecule has 0 fully saturated rings. The number of nitrogens with two attached hydrogens (primary N) is 1. The zero-order chi connectivity index (χ0) is 28.3. The number of aliphatic hydroxyl groups excluding tert-OH is 1. The van der Waals surface area contributed by atoms with Gasteiger partial charge in [0.25, 0.3) is 0 Å². The van der Waals surface area contributed by atoms with E-state index >= 15 is 0 Å². The molecule has 0 radical (unpaired) electrons. The Labute approximate surface area is 223 Å². The summed E-state index contributed by atoms with van der Waals surface area (Å²) in [5, 5.41) is 16.8. The molecule has 0 spiro atoms. The molecular weight excluding hydrogens is 554 g/mol. The minimum absolute atomic E-state index is 0.218. The lowest BCUT2D eigenvalue weighted by molar-refractivity contribution is -0.207. The van der Waals surface area contributed by atoms with E-state index in [1.165, 1.54) is 31.2 Å². The molecule has 2 amide bonds. The largest absolute Gasteiger partial charge is 0.447 e. The van der Waals surface area contributed by atoms with E-state index in [1.807, 2.05) is 0 Å². The number of amides is 2. The Morgan fingerprint density at radius 2 is 1.79 bits per heavy atom. The van der Waals surface area contributed by atoms with Gasteiger partial charge in [0.1, 0.15) is 13.2 Å². The first-order valence-electron chi connectivity index (χ1n) is 10.9. The summed E-state index contributed by atoms with van der Waals surface area (Å²) in [6.45, 7) is -0.818. The predicted molar refractivity (Wildman–Crippen MR) is 131 cm³/mol. The van der Waals surface area contributed by atoms with Gasteiger partial charge in [-0.3, -0.25) is 9.36 Å². The fourth-order valence-corrected chi connectivity index (χ4v) is 4.06. The molecule has 3 rings (SSSR count). The number of nitrogens with one attached hydrogen (secondary N) is 1. The van der Waals surface area contributed by atoms with Gasteiger partial charge in [-0.1, -0.05) is 41.4 Å².